The molecule has 142 valence electrons. The fraction of sp³-hybridized carbons (Fsp3) is 0.318. The summed E-state index contributed by atoms with van der Waals surface area (Å²) in [4.78, 5) is 23.9. The molecule has 1 fully saturated rings. The van der Waals surface area contributed by atoms with E-state index in [0.29, 0.717) is 24.7 Å². The Balaban J connectivity index is 1.57. The van der Waals surface area contributed by atoms with E-state index in [2.05, 4.69) is 9.88 Å². The Kier molecular flexibility index (Phi) is 4.02. The first kappa shape index (κ1) is 17.1. The van der Waals surface area contributed by atoms with E-state index in [0.717, 1.165) is 30.4 Å². The van der Waals surface area contributed by atoms with E-state index in [1.807, 2.05) is 42.5 Å². The van der Waals surface area contributed by atoms with Crippen molar-refractivity contribution in [3.05, 3.63) is 76.8 Å². The number of hydrogen-bond acceptors (Lipinski definition) is 5. The van der Waals surface area contributed by atoms with Gasteiger partial charge in [0.25, 0.3) is 5.56 Å². The van der Waals surface area contributed by atoms with Crippen LogP contribution in [0.3, 0.4) is 0 Å². The average Bonchev–Trinajstić information content (AvgIpc) is 3.51. The Morgan fingerprint density at radius 2 is 1.82 bits per heavy atom. The summed E-state index contributed by atoms with van der Waals surface area (Å²) in [7, 11) is 0. The van der Waals surface area contributed by atoms with Crippen molar-refractivity contribution in [2.45, 2.75) is 37.5 Å². The molecule has 5 rings (SSSR count). The lowest BCUT2D eigenvalue weighted by atomic mass is 10.0. The SMILES string of the molecule is O=c1cc(-c2ccncc2)nc2n1CCC1(CC1)N2C[C@@H](O)c1ccccc1. The van der Waals surface area contributed by atoms with Crippen LogP contribution in [-0.4, -0.2) is 31.7 Å². The second-order valence-corrected chi connectivity index (χ2v) is 7.68. The van der Waals surface area contributed by atoms with E-state index in [4.69, 9.17) is 4.98 Å². The number of hydrogen-bond donors (Lipinski definition) is 1. The highest BCUT2D eigenvalue weighted by molar-refractivity contribution is 5.60. The van der Waals surface area contributed by atoms with Crippen LogP contribution in [0, 0.1) is 0 Å². The van der Waals surface area contributed by atoms with Gasteiger partial charge in [-0.1, -0.05) is 30.3 Å². The van der Waals surface area contributed by atoms with Crippen LogP contribution >= 0.6 is 0 Å². The number of pyridine rings is 1. The van der Waals surface area contributed by atoms with Gasteiger partial charge in [0, 0.05) is 36.1 Å². The van der Waals surface area contributed by atoms with Crippen molar-refractivity contribution in [1.29, 1.82) is 0 Å². The second kappa shape index (κ2) is 6.56. The fourth-order valence-electron chi connectivity index (χ4n) is 4.14. The quantitative estimate of drug-likeness (QED) is 0.760. The molecule has 3 heterocycles. The lowest BCUT2D eigenvalue weighted by Gasteiger charge is -2.40. The van der Waals surface area contributed by atoms with E-state index in [-0.39, 0.29) is 11.1 Å². The van der Waals surface area contributed by atoms with Gasteiger partial charge in [0.05, 0.1) is 18.3 Å². The lowest BCUT2D eigenvalue weighted by Crippen LogP contribution is -2.48. The number of anilines is 1. The summed E-state index contributed by atoms with van der Waals surface area (Å²) in [6.45, 7) is 1.10. The molecule has 2 aliphatic rings. The summed E-state index contributed by atoms with van der Waals surface area (Å²) in [6.07, 6.45) is 5.83. The van der Waals surface area contributed by atoms with Gasteiger partial charge in [0.1, 0.15) is 0 Å². The molecule has 1 spiro atoms. The molecular weight excluding hydrogens is 352 g/mol. The number of β-amino-alcohol motifs (C(OH)–C–C–N with tert-alkyl or cyclic N) is 1. The third kappa shape index (κ3) is 2.90. The first-order valence-electron chi connectivity index (χ1n) is 9.69. The summed E-state index contributed by atoms with van der Waals surface area (Å²) < 4.78 is 1.74. The topological polar surface area (TPSA) is 71.2 Å². The summed E-state index contributed by atoms with van der Waals surface area (Å²) >= 11 is 0. The Morgan fingerprint density at radius 3 is 2.54 bits per heavy atom. The number of aliphatic hydroxyl groups is 1. The molecule has 0 radical (unpaired) electrons. The molecule has 6 heteroatoms. The maximum absolute atomic E-state index is 12.8. The van der Waals surface area contributed by atoms with Crippen molar-refractivity contribution in [1.82, 2.24) is 14.5 Å². The molecule has 1 aromatic carbocycles. The van der Waals surface area contributed by atoms with E-state index in [9.17, 15) is 9.90 Å². The molecule has 1 aliphatic carbocycles. The van der Waals surface area contributed by atoms with Gasteiger partial charge < -0.3 is 10.0 Å². The van der Waals surface area contributed by atoms with Gasteiger partial charge in [0.2, 0.25) is 5.95 Å². The minimum atomic E-state index is -0.633. The maximum Gasteiger partial charge on any atom is 0.255 e. The predicted octanol–water partition coefficient (Wildman–Crippen LogP) is 2.78. The van der Waals surface area contributed by atoms with Gasteiger partial charge >= 0.3 is 0 Å². The van der Waals surface area contributed by atoms with E-state index >= 15 is 0 Å². The van der Waals surface area contributed by atoms with Crippen molar-refractivity contribution < 1.29 is 5.11 Å². The van der Waals surface area contributed by atoms with Gasteiger partial charge in [-0.25, -0.2) is 4.98 Å². The molecule has 28 heavy (non-hydrogen) atoms. The van der Waals surface area contributed by atoms with Gasteiger partial charge in [-0.05, 0) is 37.0 Å². The maximum atomic E-state index is 12.8. The van der Waals surface area contributed by atoms with Crippen LogP contribution in [0.2, 0.25) is 0 Å². The molecule has 1 N–H and O–H groups in total. The summed E-state index contributed by atoms with van der Waals surface area (Å²) in [5.74, 6) is 0.665. The van der Waals surface area contributed by atoms with Crippen LogP contribution in [-0.2, 0) is 6.54 Å². The van der Waals surface area contributed by atoms with Gasteiger partial charge in [-0.2, -0.15) is 0 Å². The number of aromatic nitrogens is 3. The van der Waals surface area contributed by atoms with Crippen LogP contribution in [0.1, 0.15) is 30.9 Å². The lowest BCUT2D eigenvalue weighted by molar-refractivity contribution is 0.175. The van der Waals surface area contributed by atoms with Crippen LogP contribution in [0.15, 0.2) is 65.7 Å². The van der Waals surface area contributed by atoms with Gasteiger partial charge in [-0.15, -0.1) is 0 Å². The highest BCUT2D eigenvalue weighted by Crippen LogP contribution is 2.49. The molecule has 0 amide bonds. The zero-order valence-electron chi connectivity index (χ0n) is 15.5. The van der Waals surface area contributed by atoms with Gasteiger partial charge in [0.15, 0.2) is 0 Å². The van der Waals surface area contributed by atoms with Crippen molar-refractivity contribution >= 4 is 5.95 Å². The molecule has 1 saturated carbocycles. The monoisotopic (exact) mass is 374 g/mol. The Morgan fingerprint density at radius 1 is 1.07 bits per heavy atom. The number of fused-ring (bicyclic) bond motifs is 1. The summed E-state index contributed by atoms with van der Waals surface area (Å²) in [6, 6.07) is 15.0. The average molecular weight is 374 g/mol. The molecule has 6 nitrogen and oxygen atoms in total. The molecule has 0 unspecified atom stereocenters. The van der Waals surface area contributed by atoms with Crippen LogP contribution in [0.25, 0.3) is 11.3 Å². The van der Waals surface area contributed by atoms with Crippen LogP contribution in [0.4, 0.5) is 5.95 Å². The number of nitrogens with zero attached hydrogens (tertiary/aromatic N) is 4. The minimum absolute atomic E-state index is 0.0199. The van der Waals surface area contributed by atoms with Crippen LogP contribution < -0.4 is 10.5 Å². The predicted molar refractivity (Wildman–Crippen MR) is 107 cm³/mol. The van der Waals surface area contributed by atoms with Crippen molar-refractivity contribution in [3.8, 4) is 11.3 Å². The third-order valence-corrected chi connectivity index (χ3v) is 5.95. The largest absolute Gasteiger partial charge is 0.387 e. The van der Waals surface area contributed by atoms with Crippen molar-refractivity contribution in [2.75, 3.05) is 11.4 Å². The molecule has 1 aliphatic heterocycles. The number of aliphatic hydroxyl groups excluding tert-OH is 1. The first-order chi connectivity index (χ1) is 13.7. The molecule has 2 aromatic heterocycles. The number of benzene rings is 1. The van der Waals surface area contributed by atoms with Gasteiger partial charge in [-0.3, -0.25) is 14.3 Å². The van der Waals surface area contributed by atoms with Crippen molar-refractivity contribution in [3.63, 3.8) is 0 Å². The third-order valence-electron chi connectivity index (χ3n) is 5.95. The van der Waals surface area contributed by atoms with Crippen LogP contribution in [0.5, 0.6) is 0 Å². The molecule has 1 atom stereocenters. The molecule has 3 aromatic rings. The van der Waals surface area contributed by atoms with E-state index < -0.39 is 6.10 Å². The smallest absolute Gasteiger partial charge is 0.255 e. The minimum Gasteiger partial charge on any atom is -0.387 e. The normalized spacial score (nSPS) is 18.0. The van der Waals surface area contributed by atoms with Crippen molar-refractivity contribution in [2.24, 2.45) is 0 Å². The number of rotatable bonds is 4. The molecule has 0 bridgehead atoms. The standard InChI is InChI=1S/C22H22N4O2/c27-19(17-4-2-1-3-5-17)15-26-21-24-18(16-6-11-23-12-7-16)14-20(28)25(21)13-10-22(26)8-9-22/h1-7,11-12,14,19,27H,8-10,13,15H2/t19-/m1/s1. The van der Waals surface area contributed by atoms with E-state index in [1.54, 1.807) is 23.0 Å². The zero-order chi connectivity index (χ0) is 19.1. The molecule has 0 saturated heterocycles. The fourth-order valence-corrected chi connectivity index (χ4v) is 4.14. The Hall–Kier alpha value is -2.99. The Bertz CT molecular complexity index is 1050. The van der Waals surface area contributed by atoms with E-state index in [1.165, 1.54) is 0 Å². The summed E-state index contributed by atoms with van der Waals surface area (Å²) in [5.41, 5.74) is 2.37. The second-order valence-electron chi connectivity index (χ2n) is 7.68. The zero-order valence-corrected chi connectivity index (χ0v) is 15.5. The highest BCUT2D eigenvalue weighted by Gasteiger charge is 2.51. The first-order valence-corrected chi connectivity index (χ1v) is 9.69. The summed E-state index contributed by atoms with van der Waals surface area (Å²) in [5, 5.41) is 10.8. The molecular formula is C22H22N4O2. The Labute approximate surface area is 163 Å². The highest BCUT2D eigenvalue weighted by atomic mass is 16.3.